The van der Waals surface area contributed by atoms with Crippen molar-refractivity contribution < 1.29 is 18.0 Å². The second kappa shape index (κ2) is 7.92. The van der Waals surface area contributed by atoms with Crippen LogP contribution in [-0.2, 0) is 14.6 Å². The van der Waals surface area contributed by atoms with E-state index in [1.54, 1.807) is 17.0 Å². The van der Waals surface area contributed by atoms with E-state index >= 15 is 0 Å². The normalized spacial score (nSPS) is 17.4. The largest absolute Gasteiger partial charge is 0.338 e. The molecule has 1 heterocycles. The Hall–Kier alpha value is -2.67. The predicted octanol–water partition coefficient (Wildman–Crippen LogP) is 2.58. The molecule has 27 heavy (non-hydrogen) atoms. The summed E-state index contributed by atoms with van der Waals surface area (Å²) >= 11 is 0. The van der Waals surface area contributed by atoms with Crippen LogP contribution in [0.15, 0.2) is 59.5 Å². The number of carbonyl (C=O) groups excluding carboxylic acids is 2. The van der Waals surface area contributed by atoms with Gasteiger partial charge in [-0.25, -0.2) is 8.42 Å². The molecule has 3 rings (SSSR count). The first-order chi connectivity index (χ1) is 12.9. The highest BCUT2D eigenvalue weighted by Gasteiger charge is 2.30. The lowest BCUT2D eigenvalue weighted by Gasteiger charge is -2.32. The molecule has 1 saturated heterocycles. The number of hydrogen-bond donors (Lipinski definition) is 1. The van der Waals surface area contributed by atoms with Gasteiger partial charge in [0.25, 0.3) is 5.91 Å². The molecule has 1 N–H and O–H groups in total. The van der Waals surface area contributed by atoms with Crippen LogP contribution in [0.5, 0.6) is 0 Å². The third kappa shape index (κ3) is 4.54. The Morgan fingerprint density at radius 1 is 1.04 bits per heavy atom. The van der Waals surface area contributed by atoms with Crippen LogP contribution >= 0.6 is 0 Å². The Morgan fingerprint density at radius 3 is 2.41 bits per heavy atom. The smallest absolute Gasteiger partial charge is 0.255 e. The van der Waals surface area contributed by atoms with Crippen molar-refractivity contribution in [3.8, 4) is 0 Å². The van der Waals surface area contributed by atoms with E-state index in [1.807, 2.05) is 30.3 Å². The average Bonchev–Trinajstić information content (AvgIpc) is 2.67. The van der Waals surface area contributed by atoms with Crippen LogP contribution in [0.25, 0.3) is 0 Å². The van der Waals surface area contributed by atoms with Crippen molar-refractivity contribution in [2.75, 3.05) is 24.7 Å². The van der Waals surface area contributed by atoms with Crippen LogP contribution in [-0.4, -0.2) is 44.5 Å². The first-order valence-electron chi connectivity index (χ1n) is 8.80. The molecule has 0 spiro atoms. The maximum atomic E-state index is 12.9. The molecule has 1 fully saturated rings. The van der Waals surface area contributed by atoms with Gasteiger partial charge in [0.15, 0.2) is 9.84 Å². The molecule has 0 unspecified atom stereocenters. The summed E-state index contributed by atoms with van der Waals surface area (Å²) in [4.78, 5) is 27.1. The van der Waals surface area contributed by atoms with Crippen molar-refractivity contribution in [3.63, 3.8) is 0 Å². The summed E-state index contributed by atoms with van der Waals surface area (Å²) in [5, 5.41) is 2.87. The molecule has 0 bridgehead atoms. The van der Waals surface area contributed by atoms with Gasteiger partial charge in [-0.05, 0) is 37.1 Å². The molecule has 6 nitrogen and oxygen atoms in total. The van der Waals surface area contributed by atoms with Crippen LogP contribution in [0.1, 0.15) is 23.2 Å². The van der Waals surface area contributed by atoms with Gasteiger partial charge >= 0.3 is 0 Å². The number of carbonyl (C=O) groups is 2. The molecule has 2 aromatic rings. The lowest BCUT2D eigenvalue weighted by Crippen LogP contribution is -2.44. The molecular weight excluding hydrogens is 364 g/mol. The number of hydrogen-bond acceptors (Lipinski definition) is 4. The van der Waals surface area contributed by atoms with Crippen LogP contribution in [0.4, 0.5) is 5.69 Å². The fourth-order valence-corrected chi connectivity index (χ4v) is 4.16. The van der Waals surface area contributed by atoms with Crippen molar-refractivity contribution in [2.24, 2.45) is 5.92 Å². The van der Waals surface area contributed by atoms with Gasteiger partial charge in [-0.15, -0.1) is 0 Å². The summed E-state index contributed by atoms with van der Waals surface area (Å²) in [7, 11) is -3.51. The summed E-state index contributed by atoms with van der Waals surface area (Å²) in [6.45, 7) is 0.779. The molecule has 0 radical (unpaired) electrons. The van der Waals surface area contributed by atoms with Gasteiger partial charge in [0.1, 0.15) is 0 Å². The number of amides is 2. The first-order valence-corrected chi connectivity index (χ1v) is 10.7. The monoisotopic (exact) mass is 386 g/mol. The van der Waals surface area contributed by atoms with Crippen molar-refractivity contribution in [1.29, 1.82) is 0 Å². The van der Waals surface area contributed by atoms with Gasteiger partial charge < -0.3 is 10.2 Å². The lowest BCUT2D eigenvalue weighted by molar-refractivity contribution is -0.121. The average molecular weight is 386 g/mol. The predicted molar refractivity (Wildman–Crippen MR) is 103 cm³/mol. The van der Waals surface area contributed by atoms with E-state index < -0.39 is 9.84 Å². The second-order valence-electron chi connectivity index (χ2n) is 6.71. The van der Waals surface area contributed by atoms with Gasteiger partial charge in [0.2, 0.25) is 5.91 Å². The Balaban J connectivity index is 1.75. The Kier molecular flexibility index (Phi) is 5.60. The van der Waals surface area contributed by atoms with Gasteiger partial charge in [-0.3, -0.25) is 9.59 Å². The van der Waals surface area contributed by atoms with Crippen LogP contribution in [0.3, 0.4) is 0 Å². The van der Waals surface area contributed by atoms with E-state index in [1.165, 1.54) is 12.1 Å². The molecule has 142 valence electrons. The first kappa shape index (κ1) is 19.1. The molecule has 1 atom stereocenters. The zero-order valence-electron chi connectivity index (χ0n) is 15.1. The third-order valence-electron chi connectivity index (χ3n) is 4.64. The van der Waals surface area contributed by atoms with Crippen LogP contribution in [0.2, 0.25) is 0 Å². The summed E-state index contributed by atoms with van der Waals surface area (Å²) in [5.41, 5.74) is 0.873. The number of likely N-dealkylation sites (tertiary alicyclic amines) is 1. The van der Waals surface area contributed by atoms with E-state index in [0.29, 0.717) is 25.1 Å². The number of piperidine rings is 1. The Morgan fingerprint density at radius 2 is 1.70 bits per heavy atom. The molecule has 2 aromatic carbocycles. The summed E-state index contributed by atoms with van der Waals surface area (Å²) in [5.74, 6) is -0.809. The number of nitrogens with one attached hydrogen (secondary N) is 1. The second-order valence-corrected chi connectivity index (χ2v) is 8.70. The van der Waals surface area contributed by atoms with E-state index in [0.717, 1.165) is 6.26 Å². The zero-order valence-corrected chi connectivity index (χ0v) is 15.9. The van der Waals surface area contributed by atoms with Crippen molar-refractivity contribution in [3.05, 3.63) is 60.2 Å². The molecule has 1 aliphatic rings. The molecule has 2 amide bonds. The van der Waals surface area contributed by atoms with Crippen molar-refractivity contribution >= 4 is 27.3 Å². The van der Waals surface area contributed by atoms with Crippen LogP contribution in [0, 0.1) is 5.92 Å². The highest BCUT2D eigenvalue weighted by molar-refractivity contribution is 7.90. The molecule has 7 heteroatoms. The van der Waals surface area contributed by atoms with E-state index in [9.17, 15) is 18.0 Å². The SMILES string of the molecule is CS(=O)(=O)c1ccccc1C(=O)N1CCC[C@H](C(=O)Nc2ccccc2)C1. The summed E-state index contributed by atoms with van der Waals surface area (Å²) in [6.07, 6.45) is 2.47. The van der Waals surface area contributed by atoms with Gasteiger partial charge in [0, 0.05) is 25.0 Å². The van der Waals surface area contributed by atoms with E-state index in [-0.39, 0.29) is 34.7 Å². The van der Waals surface area contributed by atoms with Gasteiger partial charge in [-0.1, -0.05) is 30.3 Å². The fourth-order valence-electron chi connectivity index (χ4n) is 3.28. The Labute approximate surface area is 159 Å². The summed E-state index contributed by atoms with van der Waals surface area (Å²) < 4.78 is 24.0. The number of nitrogens with zero attached hydrogens (tertiary/aromatic N) is 1. The number of para-hydroxylation sites is 1. The van der Waals surface area contributed by atoms with Crippen molar-refractivity contribution in [1.82, 2.24) is 4.90 Å². The molecule has 1 aliphatic heterocycles. The standard InChI is InChI=1S/C20H22N2O4S/c1-27(25,26)18-12-6-5-11-17(18)20(24)22-13-7-8-15(14-22)19(23)21-16-9-3-2-4-10-16/h2-6,9-12,15H,7-8,13-14H2,1H3,(H,21,23)/t15-/m0/s1. The number of anilines is 1. The maximum Gasteiger partial charge on any atom is 0.255 e. The molecule has 0 saturated carbocycles. The third-order valence-corrected chi connectivity index (χ3v) is 5.79. The molecular formula is C20H22N2O4S. The van der Waals surface area contributed by atoms with Gasteiger partial charge in [-0.2, -0.15) is 0 Å². The minimum atomic E-state index is -3.51. The zero-order chi connectivity index (χ0) is 19.4. The maximum absolute atomic E-state index is 12.9. The molecule has 0 aromatic heterocycles. The number of sulfone groups is 1. The van der Waals surface area contributed by atoms with E-state index in [4.69, 9.17) is 0 Å². The van der Waals surface area contributed by atoms with E-state index in [2.05, 4.69) is 5.32 Å². The van der Waals surface area contributed by atoms with Crippen LogP contribution < -0.4 is 5.32 Å². The number of benzene rings is 2. The molecule has 0 aliphatic carbocycles. The Bertz CT molecular complexity index is 941. The minimum Gasteiger partial charge on any atom is -0.338 e. The lowest BCUT2D eigenvalue weighted by atomic mass is 9.96. The van der Waals surface area contributed by atoms with Crippen molar-refractivity contribution in [2.45, 2.75) is 17.7 Å². The highest BCUT2D eigenvalue weighted by atomic mass is 32.2. The van der Waals surface area contributed by atoms with Gasteiger partial charge in [0.05, 0.1) is 16.4 Å². The highest BCUT2D eigenvalue weighted by Crippen LogP contribution is 2.23. The number of rotatable bonds is 4. The topological polar surface area (TPSA) is 83.6 Å². The summed E-state index contributed by atoms with van der Waals surface area (Å²) in [6, 6.07) is 15.4. The minimum absolute atomic E-state index is 0.0193. The fraction of sp³-hybridized carbons (Fsp3) is 0.300. The quantitative estimate of drug-likeness (QED) is 0.875.